The molecule has 23 heavy (non-hydrogen) atoms. The summed E-state index contributed by atoms with van der Waals surface area (Å²) in [5.41, 5.74) is 2.50. The molecule has 0 aliphatic carbocycles. The first kappa shape index (κ1) is 20.4. The highest BCUT2D eigenvalue weighted by atomic mass is 127. The molecule has 1 aliphatic heterocycles. The summed E-state index contributed by atoms with van der Waals surface area (Å²) in [6.45, 7) is 7.51. The van der Waals surface area contributed by atoms with Crippen molar-refractivity contribution in [2.24, 2.45) is 4.99 Å². The van der Waals surface area contributed by atoms with Crippen molar-refractivity contribution in [1.29, 1.82) is 0 Å². The maximum absolute atomic E-state index is 4.46. The van der Waals surface area contributed by atoms with E-state index in [1.165, 1.54) is 11.3 Å². The normalized spacial score (nSPS) is 17.4. The fourth-order valence-corrected chi connectivity index (χ4v) is 3.77. The third kappa shape index (κ3) is 6.06. The Morgan fingerprint density at radius 1 is 1.39 bits per heavy atom. The minimum Gasteiger partial charge on any atom is -0.378 e. The molecule has 0 atom stereocenters. The number of rotatable bonds is 3. The first-order chi connectivity index (χ1) is 10.4. The average molecular weight is 448 g/mol. The van der Waals surface area contributed by atoms with E-state index < -0.39 is 0 Å². The van der Waals surface area contributed by atoms with Crippen molar-refractivity contribution in [3.8, 4) is 0 Å². The van der Waals surface area contributed by atoms with Gasteiger partial charge in [-0.15, -0.1) is 24.0 Å². The Kier molecular flexibility index (Phi) is 8.00. The molecule has 130 valence electrons. The zero-order valence-electron chi connectivity index (χ0n) is 14.8. The Morgan fingerprint density at radius 3 is 2.74 bits per heavy atom. The van der Waals surface area contributed by atoms with E-state index in [4.69, 9.17) is 0 Å². The molecule has 0 saturated carbocycles. The van der Waals surface area contributed by atoms with E-state index in [2.05, 4.69) is 72.3 Å². The van der Waals surface area contributed by atoms with Crippen molar-refractivity contribution < 1.29 is 0 Å². The molecule has 1 saturated heterocycles. The number of aliphatic imine (C=N–C) groups is 1. The molecule has 1 N–H and O–H groups in total. The fourth-order valence-electron chi connectivity index (χ4n) is 2.66. The smallest absolute Gasteiger partial charge is 0.193 e. The average Bonchev–Trinajstić information content (AvgIpc) is 2.47. The van der Waals surface area contributed by atoms with Gasteiger partial charge in [0.05, 0.1) is 0 Å². The quantitative estimate of drug-likeness (QED) is 0.437. The molecule has 0 spiro atoms. The largest absolute Gasteiger partial charge is 0.378 e. The van der Waals surface area contributed by atoms with Crippen molar-refractivity contribution >= 4 is 47.4 Å². The van der Waals surface area contributed by atoms with Crippen LogP contribution in [0, 0.1) is 0 Å². The third-order valence-electron chi connectivity index (χ3n) is 3.81. The number of thioether (sulfide) groups is 1. The second-order valence-corrected chi connectivity index (χ2v) is 8.30. The van der Waals surface area contributed by atoms with E-state index in [9.17, 15) is 0 Å². The van der Waals surface area contributed by atoms with Gasteiger partial charge in [-0.1, -0.05) is 12.1 Å². The lowest BCUT2D eigenvalue weighted by Gasteiger charge is -2.39. The Labute approximate surface area is 162 Å². The van der Waals surface area contributed by atoms with Crippen LogP contribution in [0.2, 0.25) is 0 Å². The van der Waals surface area contributed by atoms with Crippen LogP contribution in [-0.4, -0.2) is 55.6 Å². The van der Waals surface area contributed by atoms with E-state index in [1.54, 1.807) is 0 Å². The molecular weight excluding hydrogens is 419 g/mol. The molecule has 2 rings (SSSR count). The molecule has 0 unspecified atom stereocenters. The van der Waals surface area contributed by atoms with Gasteiger partial charge in [-0.25, -0.2) is 0 Å². The van der Waals surface area contributed by atoms with Crippen LogP contribution in [0.1, 0.15) is 19.4 Å². The van der Waals surface area contributed by atoms with Crippen LogP contribution in [0.4, 0.5) is 5.69 Å². The summed E-state index contributed by atoms with van der Waals surface area (Å²) >= 11 is 2.04. The lowest BCUT2D eigenvalue weighted by Crippen LogP contribution is -2.50. The number of anilines is 1. The Morgan fingerprint density at radius 2 is 2.13 bits per heavy atom. The van der Waals surface area contributed by atoms with Gasteiger partial charge in [0.25, 0.3) is 0 Å². The number of benzene rings is 1. The first-order valence-electron chi connectivity index (χ1n) is 7.77. The van der Waals surface area contributed by atoms with Gasteiger partial charge in [-0.2, -0.15) is 11.8 Å². The summed E-state index contributed by atoms with van der Waals surface area (Å²) < 4.78 is 0.292. The highest BCUT2D eigenvalue weighted by molar-refractivity contribution is 14.0. The van der Waals surface area contributed by atoms with Crippen molar-refractivity contribution in [3.05, 3.63) is 29.8 Å². The number of hydrogen-bond acceptors (Lipinski definition) is 3. The van der Waals surface area contributed by atoms with Crippen molar-refractivity contribution in [2.45, 2.75) is 25.1 Å². The molecule has 1 fully saturated rings. The topological polar surface area (TPSA) is 30.9 Å². The predicted octanol–water partition coefficient (Wildman–Crippen LogP) is 3.27. The van der Waals surface area contributed by atoms with E-state index >= 15 is 0 Å². The summed E-state index contributed by atoms with van der Waals surface area (Å²) in [4.78, 5) is 8.96. The number of nitrogens with zero attached hydrogens (tertiary/aromatic N) is 3. The third-order valence-corrected chi connectivity index (χ3v) is 5.11. The number of nitrogens with one attached hydrogen (secondary N) is 1. The molecule has 0 aromatic heterocycles. The second-order valence-electron chi connectivity index (χ2n) is 6.49. The molecule has 0 bridgehead atoms. The van der Waals surface area contributed by atoms with Gasteiger partial charge >= 0.3 is 0 Å². The molecule has 1 aromatic rings. The highest BCUT2D eigenvalue weighted by Gasteiger charge is 2.28. The van der Waals surface area contributed by atoms with Crippen molar-refractivity contribution in [1.82, 2.24) is 10.2 Å². The van der Waals surface area contributed by atoms with Crippen LogP contribution in [0.15, 0.2) is 29.3 Å². The van der Waals surface area contributed by atoms with Gasteiger partial charge in [-0.05, 0) is 31.5 Å². The van der Waals surface area contributed by atoms with Gasteiger partial charge < -0.3 is 15.1 Å². The molecule has 1 heterocycles. The van der Waals surface area contributed by atoms with Gasteiger partial charge in [0.1, 0.15) is 0 Å². The van der Waals surface area contributed by atoms with E-state index in [0.29, 0.717) is 4.75 Å². The molecule has 0 radical (unpaired) electrons. The Balaban J connectivity index is 0.00000264. The number of hydrogen-bond donors (Lipinski definition) is 1. The van der Waals surface area contributed by atoms with E-state index in [1.807, 2.05) is 18.8 Å². The fraction of sp³-hybridized carbons (Fsp3) is 0.588. The molecule has 1 aromatic carbocycles. The number of guanidine groups is 1. The van der Waals surface area contributed by atoms with Crippen molar-refractivity contribution in [2.75, 3.05) is 44.9 Å². The zero-order valence-corrected chi connectivity index (χ0v) is 17.9. The van der Waals surface area contributed by atoms with E-state index in [0.717, 1.165) is 31.3 Å². The lowest BCUT2D eigenvalue weighted by molar-refractivity contribution is 0.376. The summed E-state index contributed by atoms with van der Waals surface area (Å²) in [5, 5.41) is 3.51. The van der Waals surface area contributed by atoms with Gasteiger partial charge in [0.15, 0.2) is 5.96 Å². The highest BCUT2D eigenvalue weighted by Crippen LogP contribution is 2.29. The molecule has 6 heteroatoms. The number of halogens is 1. The molecule has 4 nitrogen and oxygen atoms in total. The minimum atomic E-state index is 0. The molecular formula is C17H29IN4S. The Bertz CT molecular complexity index is 531. The standard InChI is InChI=1S/C17H28N4S.HI/c1-17(2)13-21(9-10-22-17)16(18-3)19-12-14-7-6-8-15(11-14)20(4)5;/h6-8,11H,9-10,12-13H2,1-5H3,(H,18,19);1H. The van der Waals surface area contributed by atoms with Gasteiger partial charge in [0, 0.05) is 57.0 Å². The zero-order chi connectivity index (χ0) is 16.2. The summed E-state index contributed by atoms with van der Waals surface area (Å²) in [7, 11) is 6.01. The Hall–Kier alpha value is -0.630. The maximum atomic E-state index is 4.46. The summed E-state index contributed by atoms with van der Waals surface area (Å²) in [6.07, 6.45) is 0. The summed E-state index contributed by atoms with van der Waals surface area (Å²) in [5.74, 6) is 2.16. The second kappa shape index (κ2) is 9.01. The van der Waals surface area contributed by atoms with Gasteiger partial charge in [-0.3, -0.25) is 4.99 Å². The van der Waals surface area contributed by atoms with Crippen LogP contribution < -0.4 is 10.2 Å². The minimum absolute atomic E-state index is 0. The first-order valence-corrected chi connectivity index (χ1v) is 8.76. The van der Waals surface area contributed by atoms with Crippen LogP contribution in [0.25, 0.3) is 0 Å². The lowest BCUT2D eigenvalue weighted by atomic mass is 10.2. The van der Waals surface area contributed by atoms with Gasteiger partial charge in [0.2, 0.25) is 0 Å². The molecule has 1 aliphatic rings. The van der Waals surface area contributed by atoms with E-state index in [-0.39, 0.29) is 24.0 Å². The van der Waals surface area contributed by atoms with Crippen LogP contribution >= 0.6 is 35.7 Å². The van der Waals surface area contributed by atoms with Crippen molar-refractivity contribution in [3.63, 3.8) is 0 Å². The predicted molar refractivity (Wildman–Crippen MR) is 114 cm³/mol. The van der Waals surface area contributed by atoms with Crippen LogP contribution in [0.3, 0.4) is 0 Å². The summed E-state index contributed by atoms with van der Waals surface area (Å²) in [6, 6.07) is 8.61. The van der Waals surface area contributed by atoms with Crippen LogP contribution in [-0.2, 0) is 6.54 Å². The SMILES string of the molecule is CN=C(NCc1cccc(N(C)C)c1)N1CCSC(C)(C)C1.I. The molecule has 0 amide bonds. The monoisotopic (exact) mass is 448 g/mol. The van der Waals surface area contributed by atoms with Crippen LogP contribution in [0.5, 0.6) is 0 Å². The maximum Gasteiger partial charge on any atom is 0.193 e.